The molecule has 0 radical (unpaired) electrons. The molecule has 1 rings (SSSR count). The van der Waals surface area contributed by atoms with Crippen LogP contribution in [0.4, 0.5) is 0 Å². The number of hydrogen-bond donors (Lipinski definition) is 0. The molecular weight excluding hydrogens is 240 g/mol. The zero-order valence-corrected chi connectivity index (χ0v) is 11.8. The van der Waals surface area contributed by atoms with Crippen molar-refractivity contribution in [1.82, 2.24) is 20.4 Å². The van der Waals surface area contributed by atoms with Crippen LogP contribution in [0.2, 0.25) is 0 Å². The molecule has 1 aromatic heterocycles. The predicted octanol–water partition coefficient (Wildman–Crippen LogP) is 2.76. The molecule has 90 valence electrons. The summed E-state index contributed by atoms with van der Waals surface area (Å²) in [4.78, 5) is 0. The Bertz CT molecular complexity index is 269. The minimum Gasteiger partial charge on any atom is -0.119 e. The van der Waals surface area contributed by atoms with E-state index in [0.717, 1.165) is 11.5 Å². The summed E-state index contributed by atoms with van der Waals surface area (Å²) < 4.78 is 0. The highest BCUT2D eigenvalue weighted by Crippen LogP contribution is 2.17. The first-order valence-electron chi connectivity index (χ1n) is 5.41. The van der Waals surface area contributed by atoms with E-state index in [9.17, 15) is 0 Å². The molecule has 1 heterocycles. The summed E-state index contributed by atoms with van der Waals surface area (Å²) in [5.41, 5.74) is 0. The molecule has 0 unspecified atom stereocenters. The van der Waals surface area contributed by atoms with Gasteiger partial charge in [-0.1, -0.05) is 51.2 Å². The lowest BCUT2D eigenvalue weighted by atomic mass is 10.3. The summed E-state index contributed by atoms with van der Waals surface area (Å²) in [6, 6.07) is 0. The van der Waals surface area contributed by atoms with Crippen LogP contribution in [0.5, 0.6) is 0 Å². The molecule has 4 nitrogen and oxygen atoms in total. The molecule has 0 fully saturated rings. The normalized spacial score (nSPS) is 11.4. The van der Waals surface area contributed by atoms with E-state index < -0.39 is 0 Å². The van der Waals surface area contributed by atoms with E-state index in [-0.39, 0.29) is 0 Å². The molecule has 16 heavy (non-hydrogen) atoms. The zero-order chi connectivity index (χ0) is 12.0. The summed E-state index contributed by atoms with van der Waals surface area (Å²) in [5, 5.41) is 17.5. The average molecular weight is 258 g/mol. The van der Waals surface area contributed by atoms with Crippen molar-refractivity contribution in [2.75, 3.05) is 11.5 Å². The molecular formula is C10H18N4S2. The van der Waals surface area contributed by atoms with Gasteiger partial charge in [0.15, 0.2) is 0 Å². The number of nitrogens with zero attached hydrogens (tertiary/aromatic N) is 4. The van der Waals surface area contributed by atoms with Crippen LogP contribution in [-0.2, 0) is 0 Å². The van der Waals surface area contributed by atoms with Gasteiger partial charge >= 0.3 is 0 Å². The number of aromatic nitrogens is 4. The van der Waals surface area contributed by atoms with E-state index in [1.165, 1.54) is 0 Å². The molecule has 0 amide bonds. The van der Waals surface area contributed by atoms with Gasteiger partial charge in [0, 0.05) is 11.5 Å². The summed E-state index contributed by atoms with van der Waals surface area (Å²) in [6.45, 7) is 8.67. The SMILES string of the molecule is CC(C)CSc1nnc(SCC(C)C)nn1. The monoisotopic (exact) mass is 258 g/mol. The van der Waals surface area contributed by atoms with Crippen molar-refractivity contribution in [3.05, 3.63) is 0 Å². The summed E-state index contributed by atoms with van der Waals surface area (Å²) >= 11 is 3.21. The van der Waals surface area contributed by atoms with Crippen LogP contribution < -0.4 is 0 Å². The molecule has 0 aromatic carbocycles. The second-order valence-electron chi connectivity index (χ2n) is 4.37. The van der Waals surface area contributed by atoms with Crippen LogP contribution in [0.15, 0.2) is 10.3 Å². The van der Waals surface area contributed by atoms with Crippen LogP contribution in [0.3, 0.4) is 0 Å². The maximum Gasteiger partial charge on any atom is 0.229 e. The standard InChI is InChI=1S/C10H18N4S2/c1-7(2)5-15-9-11-13-10(14-12-9)16-6-8(3)4/h7-8H,5-6H2,1-4H3. The van der Waals surface area contributed by atoms with Crippen molar-refractivity contribution in [1.29, 1.82) is 0 Å². The quantitative estimate of drug-likeness (QED) is 0.731. The average Bonchev–Trinajstić information content (AvgIpc) is 2.25. The first-order valence-corrected chi connectivity index (χ1v) is 7.38. The molecule has 0 bridgehead atoms. The molecule has 0 spiro atoms. The van der Waals surface area contributed by atoms with Gasteiger partial charge in [0.2, 0.25) is 10.3 Å². The van der Waals surface area contributed by atoms with Crippen LogP contribution in [0, 0.1) is 11.8 Å². The number of hydrogen-bond acceptors (Lipinski definition) is 6. The Kier molecular flexibility index (Phi) is 6.05. The van der Waals surface area contributed by atoms with Gasteiger partial charge in [-0.2, -0.15) is 0 Å². The highest BCUT2D eigenvalue weighted by Gasteiger charge is 2.05. The first kappa shape index (κ1) is 13.7. The van der Waals surface area contributed by atoms with Gasteiger partial charge in [-0.15, -0.1) is 20.4 Å². The Morgan fingerprint density at radius 1 is 0.750 bits per heavy atom. The fourth-order valence-corrected chi connectivity index (χ4v) is 2.17. The zero-order valence-electron chi connectivity index (χ0n) is 10.2. The van der Waals surface area contributed by atoms with Crippen molar-refractivity contribution in [2.24, 2.45) is 11.8 Å². The van der Waals surface area contributed by atoms with Crippen molar-refractivity contribution in [2.45, 2.75) is 38.0 Å². The Labute approximate surface area is 105 Å². The molecule has 6 heteroatoms. The van der Waals surface area contributed by atoms with Crippen LogP contribution in [-0.4, -0.2) is 31.9 Å². The van der Waals surface area contributed by atoms with E-state index in [2.05, 4.69) is 48.1 Å². The third-order valence-corrected chi connectivity index (χ3v) is 4.04. The van der Waals surface area contributed by atoms with Gasteiger partial charge in [0.05, 0.1) is 0 Å². The van der Waals surface area contributed by atoms with Crippen molar-refractivity contribution < 1.29 is 0 Å². The molecule has 0 saturated heterocycles. The van der Waals surface area contributed by atoms with E-state index in [0.29, 0.717) is 22.1 Å². The van der Waals surface area contributed by atoms with Crippen LogP contribution in [0.25, 0.3) is 0 Å². The van der Waals surface area contributed by atoms with Gasteiger partial charge in [-0.05, 0) is 11.8 Å². The van der Waals surface area contributed by atoms with Crippen LogP contribution in [0.1, 0.15) is 27.7 Å². The lowest BCUT2D eigenvalue weighted by Gasteiger charge is -2.03. The van der Waals surface area contributed by atoms with Gasteiger partial charge in [0.25, 0.3) is 0 Å². The fraction of sp³-hybridized carbons (Fsp3) is 0.800. The van der Waals surface area contributed by atoms with Crippen molar-refractivity contribution in [3.63, 3.8) is 0 Å². The fourth-order valence-electron chi connectivity index (χ4n) is 0.809. The Morgan fingerprint density at radius 3 is 1.31 bits per heavy atom. The third kappa shape index (κ3) is 5.65. The van der Waals surface area contributed by atoms with Crippen molar-refractivity contribution in [3.8, 4) is 0 Å². The molecule has 0 saturated carbocycles. The second-order valence-corrected chi connectivity index (χ2v) is 6.35. The summed E-state index contributed by atoms with van der Waals surface area (Å²) in [5.74, 6) is 3.26. The van der Waals surface area contributed by atoms with E-state index in [1.807, 2.05) is 0 Å². The van der Waals surface area contributed by atoms with Crippen molar-refractivity contribution >= 4 is 23.5 Å². The van der Waals surface area contributed by atoms with Gasteiger partial charge in [-0.25, -0.2) is 0 Å². The second kappa shape index (κ2) is 7.06. The molecule has 0 aliphatic heterocycles. The van der Waals surface area contributed by atoms with E-state index >= 15 is 0 Å². The first-order chi connectivity index (χ1) is 7.58. The summed E-state index contributed by atoms with van der Waals surface area (Å²) in [6.07, 6.45) is 0. The maximum absolute atomic E-state index is 4.05. The minimum absolute atomic E-state index is 0.628. The smallest absolute Gasteiger partial charge is 0.119 e. The lowest BCUT2D eigenvalue weighted by molar-refractivity contribution is 0.658. The molecule has 1 aromatic rings. The molecule has 0 aliphatic carbocycles. The lowest BCUT2D eigenvalue weighted by Crippen LogP contribution is -2.01. The molecule has 0 N–H and O–H groups in total. The van der Waals surface area contributed by atoms with Gasteiger partial charge in [0.1, 0.15) is 0 Å². The largest absolute Gasteiger partial charge is 0.229 e. The predicted molar refractivity (Wildman–Crippen MR) is 68.7 cm³/mol. The number of rotatable bonds is 6. The third-order valence-electron chi connectivity index (χ3n) is 1.53. The Morgan fingerprint density at radius 2 is 1.06 bits per heavy atom. The maximum atomic E-state index is 4.05. The van der Waals surface area contributed by atoms with E-state index in [1.54, 1.807) is 23.5 Å². The summed E-state index contributed by atoms with van der Waals surface area (Å²) in [7, 11) is 0. The number of thioether (sulfide) groups is 2. The van der Waals surface area contributed by atoms with Gasteiger partial charge < -0.3 is 0 Å². The Hall–Kier alpha value is -0.360. The van der Waals surface area contributed by atoms with E-state index in [4.69, 9.17) is 0 Å². The highest BCUT2D eigenvalue weighted by atomic mass is 32.2. The molecule has 0 aliphatic rings. The van der Waals surface area contributed by atoms with Gasteiger partial charge in [-0.3, -0.25) is 0 Å². The minimum atomic E-state index is 0.628. The molecule has 0 atom stereocenters. The topological polar surface area (TPSA) is 51.6 Å². The Balaban J connectivity index is 2.41. The van der Waals surface area contributed by atoms with Crippen LogP contribution >= 0.6 is 23.5 Å². The highest BCUT2D eigenvalue weighted by molar-refractivity contribution is 7.99.